The monoisotopic (exact) mass is 219 g/mol. The normalized spacial score (nSPS) is 14.2. The molecule has 1 aromatic carbocycles. The molecule has 1 nitrogen and oxygen atoms in total. The maximum absolute atomic E-state index is 2.36. The first kappa shape index (κ1) is 13.2. The molecule has 16 heavy (non-hydrogen) atoms. The quantitative estimate of drug-likeness (QED) is 0.729. The average Bonchev–Trinajstić information content (AvgIpc) is 2.15. The largest absolute Gasteiger partial charge is 0.303 e. The summed E-state index contributed by atoms with van der Waals surface area (Å²) in [5, 5.41) is 0. The Morgan fingerprint density at radius 1 is 1.12 bits per heavy atom. The van der Waals surface area contributed by atoms with Crippen molar-refractivity contribution in [2.75, 3.05) is 14.1 Å². The van der Waals surface area contributed by atoms with Crippen molar-refractivity contribution in [1.82, 2.24) is 4.90 Å². The van der Waals surface area contributed by atoms with E-state index in [-0.39, 0.29) is 5.41 Å². The second-order valence-corrected chi connectivity index (χ2v) is 5.96. The van der Waals surface area contributed by atoms with Crippen molar-refractivity contribution in [1.29, 1.82) is 0 Å². The number of hydrogen-bond donors (Lipinski definition) is 0. The van der Waals surface area contributed by atoms with Gasteiger partial charge in [0.15, 0.2) is 0 Å². The Morgan fingerprint density at radius 3 is 2.12 bits per heavy atom. The van der Waals surface area contributed by atoms with Gasteiger partial charge in [-0.05, 0) is 50.0 Å². The fourth-order valence-corrected chi connectivity index (χ4v) is 1.84. The van der Waals surface area contributed by atoms with Crippen molar-refractivity contribution in [3.8, 4) is 0 Å². The van der Waals surface area contributed by atoms with Crippen LogP contribution in [0.5, 0.6) is 0 Å². The first-order valence-electron chi connectivity index (χ1n) is 6.01. The maximum Gasteiger partial charge on any atom is 0.0316 e. The molecule has 0 aliphatic heterocycles. The second kappa shape index (κ2) is 4.58. The summed E-state index contributed by atoms with van der Waals surface area (Å²) in [5.41, 5.74) is 4.47. The molecular formula is C15H25N. The Morgan fingerprint density at radius 2 is 1.69 bits per heavy atom. The number of rotatable bonds is 2. The van der Waals surface area contributed by atoms with Gasteiger partial charge in [0.05, 0.1) is 0 Å². The molecule has 1 atom stereocenters. The molecule has 0 heterocycles. The third-order valence-electron chi connectivity index (χ3n) is 3.37. The van der Waals surface area contributed by atoms with E-state index in [1.165, 1.54) is 16.7 Å². The predicted octanol–water partition coefficient (Wildman–Crippen LogP) is 3.92. The van der Waals surface area contributed by atoms with Gasteiger partial charge in [0, 0.05) is 6.04 Å². The summed E-state index contributed by atoms with van der Waals surface area (Å²) in [6.07, 6.45) is 0. The molecule has 0 spiro atoms. The lowest BCUT2D eigenvalue weighted by molar-refractivity contribution is 0.319. The van der Waals surface area contributed by atoms with Crippen molar-refractivity contribution in [2.45, 2.75) is 46.1 Å². The van der Waals surface area contributed by atoms with Crippen LogP contribution in [0.1, 0.15) is 50.4 Å². The Bertz CT molecular complexity index is 358. The lowest BCUT2D eigenvalue weighted by Crippen LogP contribution is -2.19. The molecule has 0 saturated heterocycles. The summed E-state index contributed by atoms with van der Waals surface area (Å²) < 4.78 is 0. The number of benzene rings is 1. The highest BCUT2D eigenvalue weighted by Gasteiger charge is 2.17. The van der Waals surface area contributed by atoms with E-state index in [2.05, 4.69) is 71.8 Å². The summed E-state index contributed by atoms with van der Waals surface area (Å²) in [5.74, 6) is 0. The zero-order valence-corrected chi connectivity index (χ0v) is 11.8. The van der Waals surface area contributed by atoms with Crippen LogP contribution in [0.15, 0.2) is 18.2 Å². The molecule has 0 radical (unpaired) electrons. The van der Waals surface area contributed by atoms with Crippen LogP contribution < -0.4 is 0 Å². The van der Waals surface area contributed by atoms with Gasteiger partial charge in [0.25, 0.3) is 0 Å². The second-order valence-electron chi connectivity index (χ2n) is 5.96. The minimum Gasteiger partial charge on any atom is -0.303 e. The summed E-state index contributed by atoms with van der Waals surface area (Å²) in [4.78, 5) is 2.26. The molecule has 0 aromatic heterocycles. The third-order valence-corrected chi connectivity index (χ3v) is 3.37. The van der Waals surface area contributed by atoms with E-state index in [0.717, 1.165) is 0 Å². The Kier molecular flexibility index (Phi) is 3.80. The van der Waals surface area contributed by atoms with Crippen molar-refractivity contribution < 1.29 is 0 Å². The molecule has 1 aromatic rings. The average molecular weight is 219 g/mol. The highest BCUT2D eigenvalue weighted by molar-refractivity contribution is 5.36. The SMILES string of the molecule is Cc1ccc(C(C)(C)C)cc1C(C)N(C)C. The fraction of sp³-hybridized carbons (Fsp3) is 0.600. The van der Waals surface area contributed by atoms with Crippen molar-refractivity contribution in [2.24, 2.45) is 0 Å². The van der Waals surface area contributed by atoms with Crippen LogP contribution in [0.25, 0.3) is 0 Å². The van der Waals surface area contributed by atoms with Crippen LogP contribution in [-0.2, 0) is 5.41 Å². The van der Waals surface area contributed by atoms with Crippen molar-refractivity contribution in [3.63, 3.8) is 0 Å². The maximum atomic E-state index is 2.36. The first-order chi connectivity index (χ1) is 7.23. The molecule has 0 saturated carbocycles. The highest BCUT2D eigenvalue weighted by Crippen LogP contribution is 2.28. The van der Waals surface area contributed by atoms with Gasteiger partial charge in [-0.2, -0.15) is 0 Å². The molecule has 0 fully saturated rings. The topological polar surface area (TPSA) is 3.24 Å². The lowest BCUT2D eigenvalue weighted by Gasteiger charge is -2.26. The van der Waals surface area contributed by atoms with E-state index in [1.807, 2.05) is 0 Å². The van der Waals surface area contributed by atoms with E-state index in [4.69, 9.17) is 0 Å². The van der Waals surface area contributed by atoms with Gasteiger partial charge < -0.3 is 4.90 Å². The van der Waals surface area contributed by atoms with Crippen LogP contribution in [0.3, 0.4) is 0 Å². The molecule has 1 rings (SSSR count). The smallest absolute Gasteiger partial charge is 0.0316 e. The van der Waals surface area contributed by atoms with Gasteiger partial charge in [-0.15, -0.1) is 0 Å². The van der Waals surface area contributed by atoms with Crippen molar-refractivity contribution in [3.05, 3.63) is 34.9 Å². The molecule has 0 aliphatic carbocycles. The zero-order chi connectivity index (χ0) is 12.5. The first-order valence-corrected chi connectivity index (χ1v) is 6.01. The van der Waals surface area contributed by atoms with E-state index in [9.17, 15) is 0 Å². The zero-order valence-electron chi connectivity index (χ0n) is 11.8. The van der Waals surface area contributed by atoms with Crippen molar-refractivity contribution >= 4 is 0 Å². The molecule has 1 heteroatoms. The van der Waals surface area contributed by atoms with Crippen LogP contribution in [0, 0.1) is 6.92 Å². The van der Waals surface area contributed by atoms with E-state index >= 15 is 0 Å². The van der Waals surface area contributed by atoms with Gasteiger partial charge in [-0.1, -0.05) is 39.0 Å². The molecule has 0 aliphatic rings. The van der Waals surface area contributed by atoms with E-state index in [1.54, 1.807) is 0 Å². The van der Waals surface area contributed by atoms with Gasteiger partial charge in [0.2, 0.25) is 0 Å². The number of hydrogen-bond acceptors (Lipinski definition) is 1. The fourth-order valence-electron chi connectivity index (χ4n) is 1.84. The standard InChI is InChI=1S/C15H25N/c1-11-8-9-13(15(3,4)5)10-14(11)12(2)16(6)7/h8-10,12H,1-7H3. The lowest BCUT2D eigenvalue weighted by atomic mass is 9.84. The van der Waals surface area contributed by atoms with Gasteiger partial charge in [-0.3, -0.25) is 0 Å². The summed E-state index contributed by atoms with van der Waals surface area (Å²) in [6, 6.07) is 7.33. The summed E-state index contributed by atoms with van der Waals surface area (Å²) in [6.45, 7) is 11.3. The minimum absolute atomic E-state index is 0.231. The van der Waals surface area contributed by atoms with Crippen LogP contribution in [-0.4, -0.2) is 19.0 Å². The van der Waals surface area contributed by atoms with Crippen LogP contribution in [0.4, 0.5) is 0 Å². The van der Waals surface area contributed by atoms with Crippen LogP contribution >= 0.6 is 0 Å². The Balaban J connectivity index is 3.19. The van der Waals surface area contributed by atoms with E-state index < -0.39 is 0 Å². The summed E-state index contributed by atoms with van der Waals surface area (Å²) >= 11 is 0. The molecule has 0 bridgehead atoms. The van der Waals surface area contributed by atoms with Gasteiger partial charge in [-0.25, -0.2) is 0 Å². The highest BCUT2D eigenvalue weighted by atomic mass is 15.1. The predicted molar refractivity (Wildman–Crippen MR) is 72.0 cm³/mol. The van der Waals surface area contributed by atoms with Crippen LogP contribution in [0.2, 0.25) is 0 Å². The number of aryl methyl sites for hydroxylation is 1. The molecule has 0 amide bonds. The molecule has 1 unspecified atom stereocenters. The Labute approximate surface area is 100 Å². The number of nitrogens with zero attached hydrogens (tertiary/aromatic N) is 1. The Hall–Kier alpha value is -0.820. The van der Waals surface area contributed by atoms with Gasteiger partial charge in [0.1, 0.15) is 0 Å². The molecular weight excluding hydrogens is 194 g/mol. The van der Waals surface area contributed by atoms with Gasteiger partial charge >= 0.3 is 0 Å². The minimum atomic E-state index is 0.231. The van der Waals surface area contributed by atoms with E-state index in [0.29, 0.717) is 6.04 Å². The summed E-state index contributed by atoms with van der Waals surface area (Å²) in [7, 11) is 4.27. The third kappa shape index (κ3) is 2.85. The molecule has 0 N–H and O–H groups in total. The molecule has 90 valence electrons.